The molecule has 3 rings (SSSR count). The van der Waals surface area contributed by atoms with E-state index in [0.29, 0.717) is 48.8 Å². The molecule has 3 unspecified atom stereocenters. The zero-order valence-corrected chi connectivity index (χ0v) is 29.3. The van der Waals surface area contributed by atoms with Crippen molar-refractivity contribution in [3.05, 3.63) is 77.1 Å². The second kappa shape index (κ2) is 17.1. The Kier molecular flexibility index (Phi) is 13.8. The lowest BCUT2D eigenvalue weighted by molar-refractivity contribution is -0.126. The van der Waals surface area contributed by atoms with Crippen LogP contribution in [0.4, 0.5) is 8.78 Å². The fourth-order valence-electron chi connectivity index (χ4n) is 6.11. The molecular formula is C38H54F2N4O2. The molecule has 0 aliphatic carbocycles. The number of pyridine rings is 1. The number of halogens is 2. The van der Waals surface area contributed by atoms with Crippen LogP contribution in [0.15, 0.2) is 53.7 Å². The predicted octanol–water partition coefficient (Wildman–Crippen LogP) is 8.48. The molecule has 3 atom stereocenters. The minimum Gasteiger partial charge on any atom is -0.366 e. The SMILES string of the molecule is CCC(CC(C)N(CC)C(=O)C(=N/C(=C/Cc1ccc(F)c(F)c1)c1ccc(C2=CCNC(OC)C2)nc1)C(C)C)C(C)(C)CC. The van der Waals surface area contributed by atoms with Crippen LogP contribution >= 0.6 is 0 Å². The average Bonchev–Trinajstić information content (AvgIpc) is 3.05. The lowest BCUT2D eigenvalue weighted by Gasteiger charge is -2.38. The maximum absolute atomic E-state index is 14.2. The Balaban J connectivity index is 2.01. The van der Waals surface area contributed by atoms with Gasteiger partial charge in [-0.3, -0.25) is 15.1 Å². The maximum atomic E-state index is 14.2. The molecule has 1 N–H and O–H groups in total. The van der Waals surface area contributed by atoms with Crippen LogP contribution in [0.1, 0.15) is 97.9 Å². The topological polar surface area (TPSA) is 66.8 Å². The lowest BCUT2D eigenvalue weighted by atomic mass is 9.72. The molecular weight excluding hydrogens is 582 g/mol. The Bertz CT molecular complexity index is 1400. The second-order valence-corrected chi connectivity index (χ2v) is 13.3. The lowest BCUT2D eigenvalue weighted by Crippen LogP contribution is -2.45. The van der Waals surface area contributed by atoms with E-state index < -0.39 is 11.6 Å². The van der Waals surface area contributed by atoms with Crippen molar-refractivity contribution >= 4 is 22.9 Å². The summed E-state index contributed by atoms with van der Waals surface area (Å²) in [4.78, 5) is 25.9. The number of hydrogen-bond donors (Lipinski definition) is 1. The van der Waals surface area contributed by atoms with Gasteiger partial charge in [0.05, 0.1) is 11.4 Å². The number of ether oxygens (including phenoxy) is 1. The third-order valence-corrected chi connectivity index (χ3v) is 9.56. The quantitative estimate of drug-likeness (QED) is 0.199. The van der Waals surface area contributed by atoms with Crippen LogP contribution < -0.4 is 5.32 Å². The summed E-state index contributed by atoms with van der Waals surface area (Å²) in [5, 5.41) is 3.29. The molecule has 6 nitrogen and oxygen atoms in total. The van der Waals surface area contributed by atoms with E-state index in [9.17, 15) is 13.6 Å². The van der Waals surface area contributed by atoms with Crippen molar-refractivity contribution in [2.24, 2.45) is 22.2 Å². The molecule has 0 bridgehead atoms. The van der Waals surface area contributed by atoms with E-state index >= 15 is 0 Å². The molecule has 8 heteroatoms. The zero-order valence-electron chi connectivity index (χ0n) is 29.3. The number of allylic oxidation sites excluding steroid dienone is 1. The minimum absolute atomic E-state index is 0.0435. The van der Waals surface area contributed by atoms with Gasteiger partial charge in [0.25, 0.3) is 5.91 Å². The molecule has 0 fully saturated rings. The monoisotopic (exact) mass is 636 g/mol. The van der Waals surface area contributed by atoms with Gasteiger partial charge < -0.3 is 9.64 Å². The molecule has 2 aromatic rings. The van der Waals surface area contributed by atoms with Crippen LogP contribution in [-0.2, 0) is 16.0 Å². The Morgan fingerprint density at radius 2 is 1.89 bits per heavy atom. The van der Waals surface area contributed by atoms with Gasteiger partial charge in [-0.15, -0.1) is 0 Å². The van der Waals surface area contributed by atoms with E-state index in [1.54, 1.807) is 19.4 Å². The molecule has 1 aliphatic heterocycles. The summed E-state index contributed by atoms with van der Waals surface area (Å²) >= 11 is 0. The Morgan fingerprint density at radius 3 is 2.46 bits per heavy atom. The van der Waals surface area contributed by atoms with E-state index in [-0.39, 0.29) is 29.5 Å². The number of carbonyl (C=O) groups is 1. The Hall–Kier alpha value is -3.23. The number of hydrogen-bond acceptors (Lipinski definition) is 5. The van der Waals surface area contributed by atoms with Crippen molar-refractivity contribution in [1.82, 2.24) is 15.2 Å². The van der Waals surface area contributed by atoms with E-state index in [1.165, 1.54) is 6.07 Å². The van der Waals surface area contributed by atoms with Crippen LogP contribution in [0.2, 0.25) is 0 Å². The highest BCUT2D eigenvalue weighted by Gasteiger charge is 2.32. The second-order valence-electron chi connectivity index (χ2n) is 13.3. The average molecular weight is 637 g/mol. The molecule has 46 heavy (non-hydrogen) atoms. The van der Waals surface area contributed by atoms with Crippen LogP contribution in [0, 0.1) is 28.9 Å². The van der Waals surface area contributed by atoms with Crippen LogP contribution in [0.25, 0.3) is 11.3 Å². The number of carbonyl (C=O) groups excluding carboxylic acids is 1. The molecule has 2 heterocycles. The third-order valence-electron chi connectivity index (χ3n) is 9.56. The minimum atomic E-state index is -0.895. The first kappa shape index (κ1) is 37.2. The summed E-state index contributed by atoms with van der Waals surface area (Å²) in [7, 11) is 1.68. The number of rotatable bonds is 15. The van der Waals surface area contributed by atoms with Gasteiger partial charge in [0.2, 0.25) is 0 Å². The fourth-order valence-corrected chi connectivity index (χ4v) is 6.11. The molecule has 0 radical (unpaired) electrons. The normalized spacial score (nSPS) is 17.6. The van der Waals surface area contributed by atoms with Gasteiger partial charge in [-0.1, -0.05) is 72.6 Å². The standard InChI is InChI=1S/C38H54F2N4O2/c1-10-30(38(7,8)11-2)21-26(6)44(12-3)37(45)36(25(4)5)43-34(17-14-27-13-16-31(39)32(40)22-27)29-15-18-33(42-24-29)28-19-20-41-35(23-28)46-9/h13,15-19,22,24-26,30,35,41H,10-12,14,20-21,23H2,1-9H3/b34-17+,43-36?. The number of methoxy groups -OCH3 is 1. The number of nitrogens with one attached hydrogen (secondary N) is 1. The van der Waals surface area contributed by atoms with Gasteiger partial charge in [0, 0.05) is 50.3 Å². The summed E-state index contributed by atoms with van der Waals surface area (Å²) < 4.78 is 33.2. The van der Waals surface area contributed by atoms with Gasteiger partial charge >= 0.3 is 0 Å². The highest BCUT2D eigenvalue weighted by atomic mass is 19.2. The fraction of sp³-hybridized carbons (Fsp3) is 0.553. The predicted molar refractivity (Wildman–Crippen MR) is 185 cm³/mol. The van der Waals surface area contributed by atoms with Crippen molar-refractivity contribution in [3.63, 3.8) is 0 Å². The van der Waals surface area contributed by atoms with Gasteiger partial charge in [0.1, 0.15) is 11.9 Å². The number of aromatic nitrogens is 1. The molecule has 0 spiro atoms. The summed E-state index contributed by atoms with van der Waals surface area (Å²) in [6.07, 6.45) is 9.73. The first-order chi connectivity index (χ1) is 21.8. The first-order valence-electron chi connectivity index (χ1n) is 16.8. The highest BCUT2D eigenvalue weighted by Crippen LogP contribution is 2.37. The van der Waals surface area contributed by atoms with E-state index in [4.69, 9.17) is 14.7 Å². The van der Waals surface area contributed by atoms with Crippen molar-refractivity contribution in [3.8, 4) is 0 Å². The van der Waals surface area contributed by atoms with E-state index in [0.717, 1.165) is 42.2 Å². The van der Waals surface area contributed by atoms with Crippen LogP contribution in [0.3, 0.4) is 0 Å². The number of aliphatic imine (C=N–C) groups is 1. The van der Waals surface area contributed by atoms with Gasteiger partial charge in [-0.25, -0.2) is 13.8 Å². The largest absolute Gasteiger partial charge is 0.366 e. The van der Waals surface area contributed by atoms with Crippen LogP contribution in [-0.4, -0.2) is 54.0 Å². The van der Waals surface area contributed by atoms with Gasteiger partial charge in [-0.2, -0.15) is 0 Å². The van der Waals surface area contributed by atoms with E-state index in [1.807, 2.05) is 43.9 Å². The molecule has 1 aliphatic rings. The van der Waals surface area contributed by atoms with E-state index in [2.05, 4.69) is 46.0 Å². The summed E-state index contributed by atoms with van der Waals surface area (Å²) in [5.74, 6) is -1.52. The summed E-state index contributed by atoms with van der Waals surface area (Å²) in [6.45, 7) is 18.5. The third kappa shape index (κ3) is 9.64. The molecule has 1 amide bonds. The Morgan fingerprint density at radius 1 is 1.15 bits per heavy atom. The molecule has 0 saturated heterocycles. The molecule has 252 valence electrons. The molecule has 0 saturated carbocycles. The first-order valence-corrected chi connectivity index (χ1v) is 16.8. The van der Waals surface area contributed by atoms with Crippen molar-refractivity contribution in [2.45, 2.75) is 99.8 Å². The van der Waals surface area contributed by atoms with Crippen molar-refractivity contribution < 1.29 is 18.3 Å². The number of nitrogens with zero attached hydrogens (tertiary/aromatic N) is 3. The van der Waals surface area contributed by atoms with Crippen LogP contribution in [0.5, 0.6) is 0 Å². The zero-order chi connectivity index (χ0) is 34.0. The van der Waals surface area contributed by atoms with Crippen molar-refractivity contribution in [1.29, 1.82) is 0 Å². The smallest absolute Gasteiger partial charge is 0.268 e. The molecule has 1 aromatic carbocycles. The van der Waals surface area contributed by atoms with Gasteiger partial charge in [0.15, 0.2) is 11.6 Å². The highest BCUT2D eigenvalue weighted by molar-refractivity contribution is 6.40. The molecule has 1 aromatic heterocycles. The number of amides is 1. The van der Waals surface area contributed by atoms with Gasteiger partial charge in [-0.05, 0) is 73.4 Å². The summed E-state index contributed by atoms with van der Waals surface area (Å²) in [5.41, 5.74) is 4.49. The summed E-state index contributed by atoms with van der Waals surface area (Å²) in [6, 6.07) is 7.84. The number of benzene rings is 1. The maximum Gasteiger partial charge on any atom is 0.268 e. The Labute approximate surface area is 275 Å². The van der Waals surface area contributed by atoms with Crippen molar-refractivity contribution in [2.75, 3.05) is 20.2 Å².